The summed E-state index contributed by atoms with van der Waals surface area (Å²) in [6.45, 7) is 11.2. The van der Waals surface area contributed by atoms with E-state index in [4.69, 9.17) is 5.10 Å². The summed E-state index contributed by atoms with van der Waals surface area (Å²) in [7, 11) is 2.19. The zero-order chi connectivity index (χ0) is 11.9. The molecule has 3 nitrogen and oxygen atoms in total. The first-order valence-corrected chi connectivity index (χ1v) is 6.24. The van der Waals surface area contributed by atoms with Gasteiger partial charge in [-0.1, -0.05) is 13.8 Å². The van der Waals surface area contributed by atoms with Gasteiger partial charge in [-0.25, -0.2) is 0 Å². The Morgan fingerprint density at radius 2 is 2.00 bits per heavy atom. The van der Waals surface area contributed by atoms with E-state index in [-0.39, 0.29) is 0 Å². The van der Waals surface area contributed by atoms with Gasteiger partial charge in [0.1, 0.15) is 0 Å². The summed E-state index contributed by atoms with van der Waals surface area (Å²) in [6, 6.07) is 0.579. The van der Waals surface area contributed by atoms with Gasteiger partial charge in [0, 0.05) is 12.2 Å². The summed E-state index contributed by atoms with van der Waals surface area (Å²) >= 11 is 0. The van der Waals surface area contributed by atoms with Crippen LogP contribution in [0, 0.1) is 13.8 Å². The van der Waals surface area contributed by atoms with Gasteiger partial charge in [-0.05, 0) is 45.3 Å². The second kappa shape index (κ2) is 4.21. The minimum Gasteiger partial charge on any atom is -0.304 e. The zero-order valence-electron chi connectivity index (χ0n) is 11.1. The number of likely N-dealkylation sites (tertiary alicyclic amines) is 1. The van der Waals surface area contributed by atoms with Crippen LogP contribution in [0.2, 0.25) is 0 Å². The molecule has 3 heteroatoms. The van der Waals surface area contributed by atoms with Gasteiger partial charge in [-0.15, -0.1) is 0 Å². The molecule has 0 bridgehead atoms. The zero-order valence-corrected chi connectivity index (χ0v) is 11.1. The first-order valence-electron chi connectivity index (χ1n) is 6.24. The van der Waals surface area contributed by atoms with E-state index in [1.165, 1.54) is 29.9 Å². The van der Waals surface area contributed by atoms with E-state index in [1.54, 1.807) is 0 Å². The highest BCUT2D eigenvalue weighted by atomic mass is 15.3. The average molecular weight is 221 g/mol. The van der Waals surface area contributed by atoms with Crippen LogP contribution in [0.3, 0.4) is 0 Å². The van der Waals surface area contributed by atoms with Crippen LogP contribution in [0.4, 0.5) is 0 Å². The molecule has 1 atom stereocenters. The fourth-order valence-corrected chi connectivity index (χ4v) is 2.73. The third-order valence-corrected chi connectivity index (χ3v) is 3.69. The van der Waals surface area contributed by atoms with Crippen molar-refractivity contribution in [3.63, 3.8) is 0 Å². The molecule has 1 fully saturated rings. The molecule has 0 aromatic carbocycles. The lowest BCUT2D eigenvalue weighted by Crippen LogP contribution is -2.19. The normalized spacial score (nSPS) is 22.2. The van der Waals surface area contributed by atoms with Crippen molar-refractivity contribution in [2.75, 3.05) is 20.1 Å². The van der Waals surface area contributed by atoms with E-state index in [0.717, 1.165) is 6.54 Å². The average Bonchev–Trinajstić information content (AvgIpc) is 2.73. The second-order valence-corrected chi connectivity index (χ2v) is 5.40. The van der Waals surface area contributed by atoms with Crippen LogP contribution in [-0.4, -0.2) is 34.8 Å². The minimum atomic E-state index is 0.562. The first-order chi connectivity index (χ1) is 7.50. The Morgan fingerprint density at radius 3 is 2.50 bits per heavy atom. The molecule has 1 saturated heterocycles. The van der Waals surface area contributed by atoms with Crippen LogP contribution in [0.25, 0.3) is 0 Å². The number of nitrogens with zero attached hydrogens (tertiary/aromatic N) is 3. The number of hydrogen-bond acceptors (Lipinski definition) is 2. The van der Waals surface area contributed by atoms with Crippen LogP contribution >= 0.6 is 0 Å². The molecular weight excluding hydrogens is 198 g/mol. The quantitative estimate of drug-likeness (QED) is 0.765. The predicted octanol–water partition coefficient (Wildman–Crippen LogP) is 2.50. The maximum atomic E-state index is 4.74. The Kier molecular flexibility index (Phi) is 3.06. The van der Waals surface area contributed by atoms with Gasteiger partial charge in [0.2, 0.25) is 0 Å². The SMILES string of the molecule is Cc1nn(C2CCN(C)C2)c(C(C)C)c1C. The van der Waals surface area contributed by atoms with Crippen LogP contribution in [-0.2, 0) is 0 Å². The largest absolute Gasteiger partial charge is 0.304 e. The Labute approximate surface area is 98.4 Å². The monoisotopic (exact) mass is 221 g/mol. The summed E-state index contributed by atoms with van der Waals surface area (Å²) in [5, 5.41) is 4.74. The number of aryl methyl sites for hydroxylation is 1. The standard InChI is InChI=1S/C13H23N3/c1-9(2)13-10(3)11(4)14-16(13)12-6-7-15(5)8-12/h9,12H,6-8H2,1-5H3. The fourth-order valence-electron chi connectivity index (χ4n) is 2.73. The van der Waals surface area contributed by atoms with Crippen molar-refractivity contribution in [3.05, 3.63) is 17.0 Å². The van der Waals surface area contributed by atoms with E-state index in [9.17, 15) is 0 Å². The van der Waals surface area contributed by atoms with Gasteiger partial charge < -0.3 is 4.90 Å². The van der Waals surface area contributed by atoms with Crippen LogP contribution in [0.15, 0.2) is 0 Å². The van der Waals surface area contributed by atoms with Crippen LogP contribution in [0.5, 0.6) is 0 Å². The Balaban J connectivity index is 2.36. The number of rotatable bonds is 2. The molecule has 1 aliphatic rings. The molecule has 2 heterocycles. The van der Waals surface area contributed by atoms with Crippen LogP contribution in [0.1, 0.15) is 49.2 Å². The Bertz CT molecular complexity index is 379. The molecule has 1 unspecified atom stereocenters. The van der Waals surface area contributed by atoms with Gasteiger partial charge in [-0.3, -0.25) is 4.68 Å². The lowest BCUT2D eigenvalue weighted by atomic mass is 10.0. The molecule has 1 aromatic rings. The molecule has 16 heavy (non-hydrogen) atoms. The summed E-state index contributed by atoms with van der Waals surface area (Å²) < 4.78 is 2.29. The number of likely N-dealkylation sites (N-methyl/N-ethyl adjacent to an activating group) is 1. The van der Waals surface area contributed by atoms with E-state index < -0.39 is 0 Å². The Hall–Kier alpha value is -0.830. The lowest BCUT2D eigenvalue weighted by molar-refractivity contribution is 0.375. The van der Waals surface area contributed by atoms with Crippen molar-refractivity contribution in [3.8, 4) is 0 Å². The van der Waals surface area contributed by atoms with E-state index in [0.29, 0.717) is 12.0 Å². The molecule has 1 aliphatic heterocycles. The molecule has 0 spiro atoms. The molecule has 0 radical (unpaired) electrons. The molecule has 90 valence electrons. The van der Waals surface area contributed by atoms with Gasteiger partial charge in [0.15, 0.2) is 0 Å². The van der Waals surface area contributed by atoms with Crippen molar-refractivity contribution in [2.45, 2.75) is 46.1 Å². The first kappa shape index (κ1) is 11.6. The van der Waals surface area contributed by atoms with Gasteiger partial charge >= 0.3 is 0 Å². The lowest BCUT2D eigenvalue weighted by Gasteiger charge is -2.17. The maximum absolute atomic E-state index is 4.74. The summed E-state index contributed by atoms with van der Waals surface area (Å²) in [4.78, 5) is 2.39. The third-order valence-electron chi connectivity index (χ3n) is 3.69. The highest BCUT2D eigenvalue weighted by molar-refractivity contribution is 5.26. The smallest absolute Gasteiger partial charge is 0.0661 e. The topological polar surface area (TPSA) is 21.1 Å². The highest BCUT2D eigenvalue weighted by Gasteiger charge is 2.26. The number of hydrogen-bond donors (Lipinski definition) is 0. The Morgan fingerprint density at radius 1 is 1.31 bits per heavy atom. The van der Waals surface area contributed by atoms with Crippen molar-refractivity contribution in [1.82, 2.24) is 14.7 Å². The molecule has 0 N–H and O–H groups in total. The van der Waals surface area contributed by atoms with Crippen molar-refractivity contribution < 1.29 is 0 Å². The molecule has 0 aliphatic carbocycles. The fraction of sp³-hybridized carbons (Fsp3) is 0.769. The molecular formula is C13H23N3. The summed E-state index contributed by atoms with van der Waals surface area (Å²) in [6.07, 6.45) is 1.23. The third kappa shape index (κ3) is 1.88. The minimum absolute atomic E-state index is 0.562. The molecule has 0 saturated carbocycles. The van der Waals surface area contributed by atoms with Gasteiger partial charge in [0.05, 0.1) is 11.7 Å². The van der Waals surface area contributed by atoms with Crippen molar-refractivity contribution in [1.29, 1.82) is 0 Å². The van der Waals surface area contributed by atoms with Crippen LogP contribution < -0.4 is 0 Å². The second-order valence-electron chi connectivity index (χ2n) is 5.40. The molecule has 1 aromatic heterocycles. The highest BCUT2D eigenvalue weighted by Crippen LogP contribution is 2.28. The van der Waals surface area contributed by atoms with E-state index in [1.807, 2.05) is 0 Å². The van der Waals surface area contributed by atoms with Gasteiger partial charge in [-0.2, -0.15) is 5.10 Å². The van der Waals surface area contributed by atoms with Gasteiger partial charge in [0.25, 0.3) is 0 Å². The summed E-state index contributed by atoms with van der Waals surface area (Å²) in [5.74, 6) is 0.562. The van der Waals surface area contributed by atoms with E-state index >= 15 is 0 Å². The number of aromatic nitrogens is 2. The summed E-state index contributed by atoms with van der Waals surface area (Å²) in [5.41, 5.74) is 4.00. The van der Waals surface area contributed by atoms with Crippen molar-refractivity contribution >= 4 is 0 Å². The van der Waals surface area contributed by atoms with Crippen molar-refractivity contribution in [2.24, 2.45) is 0 Å². The maximum Gasteiger partial charge on any atom is 0.0661 e. The predicted molar refractivity (Wildman–Crippen MR) is 66.9 cm³/mol. The van der Waals surface area contributed by atoms with E-state index in [2.05, 4.69) is 44.3 Å². The molecule has 0 amide bonds. The molecule has 2 rings (SSSR count).